The number of nitrogens with one attached hydrogen (secondary N) is 1. The van der Waals surface area contributed by atoms with Gasteiger partial charge in [0.25, 0.3) is 5.56 Å². The predicted molar refractivity (Wildman–Crippen MR) is 129 cm³/mol. The molecular formula is C26H26N4O4. The average Bonchev–Trinajstić information content (AvgIpc) is 3.47. The monoisotopic (exact) mass is 458 g/mol. The average molecular weight is 459 g/mol. The highest BCUT2D eigenvalue weighted by molar-refractivity contribution is 5.93. The van der Waals surface area contributed by atoms with Crippen molar-refractivity contribution < 1.29 is 14.3 Å². The molecule has 0 unspecified atom stereocenters. The van der Waals surface area contributed by atoms with Gasteiger partial charge in [-0.3, -0.25) is 14.2 Å². The van der Waals surface area contributed by atoms with Crippen molar-refractivity contribution in [3.63, 3.8) is 0 Å². The Hall–Kier alpha value is -4.07. The van der Waals surface area contributed by atoms with Crippen LogP contribution in [0, 0.1) is 0 Å². The van der Waals surface area contributed by atoms with Crippen LogP contribution in [0.1, 0.15) is 25.3 Å². The van der Waals surface area contributed by atoms with Crippen LogP contribution >= 0.6 is 0 Å². The third-order valence-corrected chi connectivity index (χ3v) is 5.92. The Morgan fingerprint density at radius 3 is 2.74 bits per heavy atom. The summed E-state index contributed by atoms with van der Waals surface area (Å²) in [5, 5.41) is 2.94. The van der Waals surface area contributed by atoms with Crippen molar-refractivity contribution in [2.24, 2.45) is 0 Å². The maximum Gasteiger partial charge on any atom is 0.277 e. The number of benzene rings is 2. The van der Waals surface area contributed by atoms with Gasteiger partial charge in [0, 0.05) is 24.8 Å². The topological polar surface area (TPSA) is 87.4 Å². The fraction of sp³-hybridized carbons (Fsp3) is 0.269. The first-order valence-corrected chi connectivity index (χ1v) is 11.4. The van der Waals surface area contributed by atoms with E-state index >= 15 is 0 Å². The quantitative estimate of drug-likeness (QED) is 0.435. The van der Waals surface area contributed by atoms with E-state index in [1.807, 2.05) is 54.7 Å². The minimum Gasteiger partial charge on any atom is -0.454 e. The highest BCUT2D eigenvalue weighted by Crippen LogP contribution is 2.32. The number of ether oxygens (including phenoxy) is 2. The van der Waals surface area contributed by atoms with Crippen LogP contribution in [-0.2, 0) is 24.4 Å². The molecule has 0 bridgehead atoms. The molecular weight excluding hydrogens is 432 g/mol. The molecule has 0 atom stereocenters. The van der Waals surface area contributed by atoms with E-state index in [0.29, 0.717) is 35.6 Å². The summed E-state index contributed by atoms with van der Waals surface area (Å²) >= 11 is 0. The molecule has 8 heteroatoms. The van der Waals surface area contributed by atoms with Crippen LogP contribution in [0.3, 0.4) is 0 Å². The number of nitrogens with zero attached hydrogens (tertiary/aromatic N) is 3. The molecule has 174 valence electrons. The highest BCUT2D eigenvalue weighted by Gasteiger charge is 2.18. The molecule has 2 aromatic heterocycles. The second-order valence-corrected chi connectivity index (χ2v) is 8.29. The lowest BCUT2D eigenvalue weighted by atomic mass is 10.1. The van der Waals surface area contributed by atoms with Crippen molar-refractivity contribution in [1.29, 1.82) is 0 Å². The van der Waals surface area contributed by atoms with E-state index in [1.165, 1.54) is 0 Å². The van der Waals surface area contributed by atoms with Crippen LogP contribution in [0.5, 0.6) is 11.5 Å². The second kappa shape index (κ2) is 9.43. The molecule has 3 heterocycles. The molecule has 8 nitrogen and oxygen atoms in total. The van der Waals surface area contributed by atoms with Crippen LogP contribution in [-0.4, -0.2) is 26.8 Å². The van der Waals surface area contributed by atoms with Gasteiger partial charge in [-0.25, -0.2) is 4.98 Å². The van der Waals surface area contributed by atoms with E-state index in [0.717, 1.165) is 29.5 Å². The van der Waals surface area contributed by atoms with E-state index in [-0.39, 0.29) is 24.8 Å². The first-order valence-electron chi connectivity index (χ1n) is 11.4. The number of hydrogen-bond donors (Lipinski definition) is 1. The Labute approximate surface area is 196 Å². The molecule has 1 aliphatic heterocycles. The van der Waals surface area contributed by atoms with Gasteiger partial charge in [0.2, 0.25) is 12.7 Å². The zero-order valence-corrected chi connectivity index (χ0v) is 19.0. The van der Waals surface area contributed by atoms with Gasteiger partial charge < -0.3 is 19.4 Å². The lowest BCUT2D eigenvalue weighted by Gasteiger charge is -2.09. The zero-order chi connectivity index (χ0) is 23.5. The molecule has 0 fully saturated rings. The molecule has 0 saturated heterocycles. The van der Waals surface area contributed by atoms with Gasteiger partial charge in [-0.05, 0) is 29.7 Å². The summed E-state index contributed by atoms with van der Waals surface area (Å²) in [6, 6.07) is 15.4. The standard InChI is InChI=1S/C26H26N4O4/c1-2-3-11-29-16-28-24-20(19-7-5-4-6-8-19)14-30(25(24)26(29)32)15-23(31)27-13-18-9-10-21-22(12-18)34-17-33-21/h4-10,12,14,16H,2-3,11,13,15,17H2,1H3,(H,27,31). The van der Waals surface area contributed by atoms with Crippen LogP contribution in [0.4, 0.5) is 0 Å². The Morgan fingerprint density at radius 1 is 1.09 bits per heavy atom. The van der Waals surface area contributed by atoms with Crippen LogP contribution < -0.4 is 20.3 Å². The summed E-state index contributed by atoms with van der Waals surface area (Å²) in [5.41, 5.74) is 3.60. The van der Waals surface area contributed by atoms with Crippen molar-refractivity contribution in [2.75, 3.05) is 6.79 Å². The maximum absolute atomic E-state index is 13.3. The normalized spacial score (nSPS) is 12.3. The molecule has 1 N–H and O–H groups in total. The minimum absolute atomic E-state index is 0.0165. The fourth-order valence-electron chi connectivity index (χ4n) is 4.12. The van der Waals surface area contributed by atoms with Crippen molar-refractivity contribution in [3.8, 4) is 22.6 Å². The number of fused-ring (bicyclic) bond motifs is 2. The van der Waals surface area contributed by atoms with Crippen molar-refractivity contribution in [3.05, 3.63) is 77.0 Å². The zero-order valence-electron chi connectivity index (χ0n) is 19.0. The molecule has 34 heavy (non-hydrogen) atoms. The minimum atomic E-state index is -0.197. The molecule has 1 amide bonds. The van der Waals surface area contributed by atoms with Gasteiger partial charge in [0.15, 0.2) is 11.5 Å². The number of amides is 1. The summed E-state index contributed by atoms with van der Waals surface area (Å²) in [7, 11) is 0. The Balaban J connectivity index is 1.43. The summed E-state index contributed by atoms with van der Waals surface area (Å²) in [6.07, 6.45) is 5.31. The first-order chi connectivity index (χ1) is 16.6. The summed E-state index contributed by atoms with van der Waals surface area (Å²) in [6.45, 7) is 3.25. The molecule has 1 aliphatic rings. The van der Waals surface area contributed by atoms with Gasteiger partial charge in [-0.2, -0.15) is 0 Å². The number of rotatable bonds is 8. The van der Waals surface area contributed by atoms with Gasteiger partial charge in [0.05, 0.1) is 6.33 Å². The van der Waals surface area contributed by atoms with E-state index in [2.05, 4.69) is 17.2 Å². The van der Waals surface area contributed by atoms with Crippen LogP contribution in [0.15, 0.2) is 65.8 Å². The van der Waals surface area contributed by atoms with Gasteiger partial charge >= 0.3 is 0 Å². The van der Waals surface area contributed by atoms with Gasteiger partial charge in [-0.1, -0.05) is 49.7 Å². The number of aryl methyl sites for hydroxylation is 1. The fourth-order valence-corrected chi connectivity index (χ4v) is 4.12. The summed E-state index contributed by atoms with van der Waals surface area (Å²) in [5.74, 6) is 1.18. The Kier molecular flexibility index (Phi) is 6.03. The molecule has 2 aromatic carbocycles. The SMILES string of the molecule is CCCCn1cnc2c(-c3ccccc3)cn(CC(=O)NCc3ccc4c(c3)OCO4)c2c1=O. The third kappa shape index (κ3) is 4.26. The number of carbonyl (C=O) groups excluding carboxylic acids is 1. The number of aromatic nitrogens is 3. The Morgan fingerprint density at radius 2 is 1.91 bits per heavy atom. The summed E-state index contributed by atoms with van der Waals surface area (Å²) < 4.78 is 14.1. The molecule has 0 aliphatic carbocycles. The van der Waals surface area contributed by atoms with E-state index < -0.39 is 0 Å². The maximum atomic E-state index is 13.3. The molecule has 4 aromatic rings. The second-order valence-electron chi connectivity index (χ2n) is 8.29. The molecule has 0 radical (unpaired) electrons. The van der Waals surface area contributed by atoms with Gasteiger partial charge in [0.1, 0.15) is 17.6 Å². The van der Waals surface area contributed by atoms with Crippen molar-refractivity contribution in [2.45, 2.75) is 39.4 Å². The summed E-state index contributed by atoms with van der Waals surface area (Å²) in [4.78, 5) is 30.8. The number of carbonyl (C=O) groups is 1. The van der Waals surface area contributed by atoms with Crippen LogP contribution in [0.25, 0.3) is 22.2 Å². The van der Waals surface area contributed by atoms with E-state index in [9.17, 15) is 9.59 Å². The third-order valence-electron chi connectivity index (χ3n) is 5.92. The van der Waals surface area contributed by atoms with E-state index in [4.69, 9.17) is 9.47 Å². The lowest BCUT2D eigenvalue weighted by Crippen LogP contribution is -2.29. The molecule has 0 spiro atoms. The smallest absolute Gasteiger partial charge is 0.277 e. The van der Waals surface area contributed by atoms with Crippen molar-refractivity contribution >= 4 is 16.9 Å². The first kappa shape index (κ1) is 21.8. The van der Waals surface area contributed by atoms with Crippen molar-refractivity contribution in [1.82, 2.24) is 19.4 Å². The molecule has 0 saturated carbocycles. The largest absolute Gasteiger partial charge is 0.454 e. The lowest BCUT2D eigenvalue weighted by molar-refractivity contribution is -0.121. The molecule has 5 rings (SSSR count). The number of unbranched alkanes of at least 4 members (excludes halogenated alkanes) is 1. The van der Waals surface area contributed by atoms with E-state index in [1.54, 1.807) is 15.5 Å². The number of hydrogen-bond acceptors (Lipinski definition) is 5. The predicted octanol–water partition coefficient (Wildman–Crippen LogP) is 3.71. The van der Waals surface area contributed by atoms with Gasteiger partial charge in [-0.15, -0.1) is 0 Å². The highest BCUT2D eigenvalue weighted by atomic mass is 16.7. The Bertz CT molecular complexity index is 1390. The van der Waals surface area contributed by atoms with Crippen LogP contribution in [0.2, 0.25) is 0 Å².